The molecular weight excluding hydrogens is 332 g/mol. The summed E-state index contributed by atoms with van der Waals surface area (Å²) in [5.74, 6) is -1.03. The van der Waals surface area contributed by atoms with Crippen LogP contribution in [0.25, 0.3) is 10.8 Å². The standard InChI is InChI=1S/C19H18N4O3/c1-3-23-19(26)15-7-5-4-6-14(15)16(22-23)18(25)21-20-17(24)13-10-8-12(2)9-11-13/h4-11H,3H2,1-2H3,(H,20,24)(H,21,25). The minimum Gasteiger partial charge on any atom is -0.267 e. The molecule has 0 spiro atoms. The van der Waals surface area contributed by atoms with Crippen LogP contribution < -0.4 is 16.4 Å². The SMILES string of the molecule is CCn1nc(C(=O)NNC(=O)c2ccc(C)cc2)c2ccccc2c1=O. The predicted octanol–water partition coefficient (Wildman–Crippen LogP) is 1.80. The molecule has 7 nitrogen and oxygen atoms in total. The second kappa shape index (κ2) is 7.18. The minimum absolute atomic E-state index is 0.0752. The molecule has 0 bridgehead atoms. The molecule has 0 radical (unpaired) electrons. The van der Waals surface area contributed by atoms with Gasteiger partial charge in [-0.1, -0.05) is 35.9 Å². The first-order valence-electron chi connectivity index (χ1n) is 8.18. The van der Waals surface area contributed by atoms with Crippen molar-refractivity contribution in [3.05, 3.63) is 75.7 Å². The number of hydrogen-bond acceptors (Lipinski definition) is 4. The average Bonchev–Trinajstić information content (AvgIpc) is 2.67. The number of amides is 2. The molecule has 0 saturated carbocycles. The minimum atomic E-state index is -0.594. The van der Waals surface area contributed by atoms with Crippen molar-refractivity contribution >= 4 is 22.6 Å². The van der Waals surface area contributed by atoms with Gasteiger partial charge in [-0.2, -0.15) is 5.10 Å². The first-order valence-corrected chi connectivity index (χ1v) is 8.18. The largest absolute Gasteiger partial charge is 0.290 e. The molecule has 3 rings (SSSR count). The van der Waals surface area contributed by atoms with E-state index in [0.717, 1.165) is 5.56 Å². The molecular formula is C19H18N4O3. The number of nitrogens with one attached hydrogen (secondary N) is 2. The van der Waals surface area contributed by atoms with Crippen LogP contribution >= 0.6 is 0 Å². The van der Waals surface area contributed by atoms with Gasteiger partial charge in [-0.25, -0.2) is 4.68 Å². The predicted molar refractivity (Wildman–Crippen MR) is 97.8 cm³/mol. The third-order valence-corrected chi connectivity index (χ3v) is 3.99. The van der Waals surface area contributed by atoms with Crippen LogP contribution in [0.3, 0.4) is 0 Å². The lowest BCUT2D eigenvalue weighted by Crippen LogP contribution is -2.42. The molecule has 0 aliphatic rings. The topological polar surface area (TPSA) is 93.1 Å². The highest BCUT2D eigenvalue weighted by Crippen LogP contribution is 2.13. The van der Waals surface area contributed by atoms with Crippen LogP contribution in [0.2, 0.25) is 0 Å². The van der Waals surface area contributed by atoms with Gasteiger partial charge < -0.3 is 0 Å². The van der Waals surface area contributed by atoms with E-state index in [-0.39, 0.29) is 11.3 Å². The summed E-state index contributed by atoms with van der Waals surface area (Å²) in [5, 5.41) is 4.96. The summed E-state index contributed by atoms with van der Waals surface area (Å²) < 4.78 is 1.22. The molecule has 2 N–H and O–H groups in total. The van der Waals surface area contributed by atoms with E-state index in [1.807, 2.05) is 19.1 Å². The molecule has 3 aromatic rings. The smallest absolute Gasteiger partial charge is 0.267 e. The number of aryl methyl sites for hydroxylation is 2. The molecule has 0 saturated heterocycles. The van der Waals surface area contributed by atoms with Gasteiger partial charge in [0.05, 0.1) is 5.39 Å². The van der Waals surface area contributed by atoms with E-state index in [1.165, 1.54) is 4.68 Å². The second-order valence-corrected chi connectivity index (χ2v) is 5.79. The highest BCUT2D eigenvalue weighted by atomic mass is 16.2. The van der Waals surface area contributed by atoms with E-state index in [2.05, 4.69) is 16.0 Å². The van der Waals surface area contributed by atoms with Crippen LogP contribution in [0.4, 0.5) is 0 Å². The van der Waals surface area contributed by atoms with Crippen molar-refractivity contribution in [1.29, 1.82) is 0 Å². The lowest BCUT2D eigenvalue weighted by atomic mass is 10.1. The summed E-state index contributed by atoms with van der Waals surface area (Å²) in [7, 11) is 0. The van der Waals surface area contributed by atoms with Crippen molar-refractivity contribution in [2.75, 3.05) is 0 Å². The summed E-state index contributed by atoms with van der Waals surface area (Å²) in [6.45, 7) is 4.02. The third-order valence-electron chi connectivity index (χ3n) is 3.99. The molecule has 2 amide bonds. The van der Waals surface area contributed by atoms with Gasteiger partial charge in [0, 0.05) is 17.5 Å². The summed E-state index contributed by atoms with van der Waals surface area (Å²) in [4.78, 5) is 37.0. The molecule has 0 unspecified atom stereocenters. The number of rotatable bonds is 3. The molecule has 2 aromatic carbocycles. The number of nitrogens with zero attached hydrogens (tertiary/aromatic N) is 2. The van der Waals surface area contributed by atoms with Crippen LogP contribution in [-0.4, -0.2) is 21.6 Å². The van der Waals surface area contributed by atoms with Gasteiger partial charge in [0.2, 0.25) is 0 Å². The van der Waals surface area contributed by atoms with Gasteiger partial charge in [0.15, 0.2) is 5.69 Å². The molecule has 26 heavy (non-hydrogen) atoms. The fourth-order valence-corrected chi connectivity index (χ4v) is 2.57. The Labute approximate surface area is 149 Å². The Bertz CT molecular complexity index is 1040. The van der Waals surface area contributed by atoms with Crippen molar-refractivity contribution in [3.63, 3.8) is 0 Å². The normalized spacial score (nSPS) is 10.5. The number of hydrogen-bond donors (Lipinski definition) is 2. The first-order chi connectivity index (χ1) is 12.5. The Morgan fingerprint density at radius 2 is 1.58 bits per heavy atom. The molecule has 0 aliphatic carbocycles. The van der Waals surface area contributed by atoms with Crippen molar-refractivity contribution in [1.82, 2.24) is 20.6 Å². The van der Waals surface area contributed by atoms with E-state index in [0.29, 0.717) is 22.9 Å². The number of benzene rings is 2. The fraction of sp³-hybridized carbons (Fsp3) is 0.158. The second-order valence-electron chi connectivity index (χ2n) is 5.79. The molecule has 132 valence electrons. The van der Waals surface area contributed by atoms with Crippen molar-refractivity contribution in [2.24, 2.45) is 0 Å². The van der Waals surface area contributed by atoms with Gasteiger partial charge >= 0.3 is 0 Å². The lowest BCUT2D eigenvalue weighted by molar-refractivity contribution is 0.0843. The zero-order chi connectivity index (χ0) is 18.7. The molecule has 1 aromatic heterocycles. The highest BCUT2D eigenvalue weighted by molar-refractivity contribution is 6.06. The van der Waals surface area contributed by atoms with Gasteiger partial charge in [-0.05, 0) is 32.0 Å². The lowest BCUT2D eigenvalue weighted by Gasteiger charge is -2.11. The van der Waals surface area contributed by atoms with Crippen LogP contribution in [0, 0.1) is 6.92 Å². The van der Waals surface area contributed by atoms with Gasteiger partial charge in [0.1, 0.15) is 0 Å². The van der Waals surface area contributed by atoms with Crippen LogP contribution in [0.15, 0.2) is 53.3 Å². The summed E-state index contributed by atoms with van der Waals surface area (Å²) in [6, 6.07) is 13.7. The highest BCUT2D eigenvalue weighted by Gasteiger charge is 2.17. The van der Waals surface area contributed by atoms with Crippen molar-refractivity contribution < 1.29 is 9.59 Å². The zero-order valence-corrected chi connectivity index (χ0v) is 14.4. The van der Waals surface area contributed by atoms with Crippen molar-refractivity contribution in [2.45, 2.75) is 20.4 Å². The van der Waals surface area contributed by atoms with Gasteiger partial charge in [-0.3, -0.25) is 25.2 Å². The third kappa shape index (κ3) is 3.32. The Morgan fingerprint density at radius 3 is 2.23 bits per heavy atom. The molecule has 0 fully saturated rings. The maximum absolute atomic E-state index is 12.5. The van der Waals surface area contributed by atoms with Gasteiger partial charge in [0.25, 0.3) is 17.4 Å². The molecule has 0 aliphatic heterocycles. The average molecular weight is 350 g/mol. The molecule has 7 heteroatoms. The van der Waals surface area contributed by atoms with E-state index in [1.54, 1.807) is 43.3 Å². The van der Waals surface area contributed by atoms with Crippen LogP contribution in [0.1, 0.15) is 33.3 Å². The first kappa shape index (κ1) is 17.3. The Balaban J connectivity index is 1.86. The number of fused-ring (bicyclic) bond motifs is 1. The fourth-order valence-electron chi connectivity index (χ4n) is 2.57. The number of hydrazine groups is 1. The molecule has 0 atom stereocenters. The van der Waals surface area contributed by atoms with Crippen LogP contribution in [0.5, 0.6) is 0 Å². The maximum Gasteiger partial charge on any atom is 0.290 e. The van der Waals surface area contributed by atoms with E-state index in [4.69, 9.17) is 0 Å². The number of carbonyl (C=O) groups excluding carboxylic acids is 2. The monoisotopic (exact) mass is 350 g/mol. The Kier molecular flexibility index (Phi) is 4.79. The molecule has 1 heterocycles. The van der Waals surface area contributed by atoms with E-state index in [9.17, 15) is 14.4 Å². The number of aromatic nitrogens is 2. The maximum atomic E-state index is 12.5. The zero-order valence-electron chi connectivity index (χ0n) is 14.4. The quantitative estimate of drug-likeness (QED) is 0.705. The van der Waals surface area contributed by atoms with Crippen LogP contribution in [-0.2, 0) is 6.54 Å². The Morgan fingerprint density at radius 1 is 0.962 bits per heavy atom. The van der Waals surface area contributed by atoms with Gasteiger partial charge in [-0.15, -0.1) is 0 Å². The van der Waals surface area contributed by atoms with E-state index >= 15 is 0 Å². The summed E-state index contributed by atoms with van der Waals surface area (Å²) >= 11 is 0. The Hall–Kier alpha value is -3.48. The number of carbonyl (C=O) groups is 2. The van der Waals surface area contributed by atoms with Crippen molar-refractivity contribution in [3.8, 4) is 0 Å². The van der Waals surface area contributed by atoms with E-state index < -0.39 is 11.8 Å². The summed E-state index contributed by atoms with van der Waals surface area (Å²) in [5.41, 5.74) is 5.99. The summed E-state index contributed by atoms with van der Waals surface area (Å²) in [6.07, 6.45) is 0.